The molecule has 29 heavy (non-hydrogen) atoms. The lowest BCUT2D eigenvalue weighted by Crippen LogP contribution is -2.31. The number of sulfonamides is 1. The van der Waals surface area contributed by atoms with Crippen LogP contribution in [0.1, 0.15) is 18.1 Å². The molecule has 0 fully saturated rings. The lowest BCUT2D eigenvalue weighted by atomic mass is 10.2. The number of hydrogen-bond acceptors (Lipinski definition) is 6. The SMILES string of the molecule is Cc1ccc(NC(=O)C(C)OC(=O)CN=C2NS(=O)(=O)c3ccccc32)cc1F. The van der Waals surface area contributed by atoms with Crippen LogP contribution in [0.25, 0.3) is 0 Å². The van der Waals surface area contributed by atoms with Gasteiger partial charge in [-0.15, -0.1) is 0 Å². The first kappa shape index (κ1) is 20.5. The highest BCUT2D eigenvalue weighted by Crippen LogP contribution is 2.22. The summed E-state index contributed by atoms with van der Waals surface area (Å²) in [6.07, 6.45) is -1.15. The smallest absolute Gasteiger partial charge is 0.328 e. The second-order valence-corrected chi connectivity index (χ2v) is 8.00. The van der Waals surface area contributed by atoms with Gasteiger partial charge in [-0.2, -0.15) is 0 Å². The normalized spacial score (nSPS) is 16.6. The number of amidine groups is 1. The van der Waals surface area contributed by atoms with E-state index in [9.17, 15) is 22.4 Å². The maximum atomic E-state index is 13.5. The summed E-state index contributed by atoms with van der Waals surface area (Å²) in [5, 5.41) is 2.45. The summed E-state index contributed by atoms with van der Waals surface area (Å²) in [6.45, 7) is 2.47. The fourth-order valence-corrected chi connectivity index (χ4v) is 3.85. The number of nitrogens with zero attached hydrogens (tertiary/aromatic N) is 1. The minimum absolute atomic E-state index is 0.0322. The summed E-state index contributed by atoms with van der Waals surface area (Å²) in [5.41, 5.74) is 1.02. The highest BCUT2D eigenvalue weighted by molar-refractivity contribution is 7.90. The van der Waals surface area contributed by atoms with Gasteiger partial charge in [0.15, 0.2) is 6.10 Å². The number of carbonyl (C=O) groups is 2. The molecule has 0 radical (unpaired) electrons. The van der Waals surface area contributed by atoms with Gasteiger partial charge in [-0.1, -0.05) is 18.2 Å². The minimum Gasteiger partial charge on any atom is -0.451 e. The van der Waals surface area contributed by atoms with Crippen molar-refractivity contribution in [2.24, 2.45) is 4.99 Å². The number of nitrogens with one attached hydrogen (secondary N) is 2. The molecule has 2 aromatic rings. The maximum Gasteiger partial charge on any atom is 0.328 e. The van der Waals surface area contributed by atoms with E-state index in [2.05, 4.69) is 15.0 Å². The number of rotatable bonds is 5. The molecule has 152 valence electrons. The van der Waals surface area contributed by atoms with E-state index >= 15 is 0 Å². The quantitative estimate of drug-likeness (QED) is 0.717. The zero-order chi connectivity index (χ0) is 21.2. The number of carbonyl (C=O) groups excluding carboxylic acids is 2. The van der Waals surface area contributed by atoms with E-state index in [4.69, 9.17) is 4.74 Å². The Morgan fingerprint density at radius 2 is 1.97 bits per heavy atom. The molecule has 1 aliphatic rings. The van der Waals surface area contributed by atoms with Crippen LogP contribution in [0, 0.1) is 12.7 Å². The molecule has 0 saturated carbocycles. The van der Waals surface area contributed by atoms with E-state index in [-0.39, 0.29) is 16.4 Å². The van der Waals surface area contributed by atoms with Crippen LogP contribution in [0.15, 0.2) is 52.4 Å². The summed E-state index contributed by atoms with van der Waals surface area (Å²) >= 11 is 0. The largest absolute Gasteiger partial charge is 0.451 e. The number of aliphatic imine (C=N–C) groups is 1. The maximum absolute atomic E-state index is 13.5. The predicted octanol–water partition coefficient (Wildman–Crippen LogP) is 1.74. The van der Waals surface area contributed by atoms with Gasteiger partial charge < -0.3 is 10.1 Å². The van der Waals surface area contributed by atoms with Gasteiger partial charge in [0.1, 0.15) is 18.2 Å². The van der Waals surface area contributed by atoms with Gasteiger partial charge in [-0.3, -0.25) is 19.3 Å². The van der Waals surface area contributed by atoms with Crippen LogP contribution < -0.4 is 10.0 Å². The Morgan fingerprint density at radius 1 is 1.24 bits per heavy atom. The van der Waals surface area contributed by atoms with Crippen molar-refractivity contribution in [1.82, 2.24) is 4.72 Å². The third kappa shape index (κ3) is 4.60. The summed E-state index contributed by atoms with van der Waals surface area (Å²) < 4.78 is 44.8. The molecule has 0 bridgehead atoms. The number of halogens is 1. The highest BCUT2D eigenvalue weighted by Gasteiger charge is 2.30. The first-order chi connectivity index (χ1) is 13.7. The highest BCUT2D eigenvalue weighted by atomic mass is 32.2. The molecule has 2 aromatic carbocycles. The topological polar surface area (TPSA) is 114 Å². The zero-order valence-corrected chi connectivity index (χ0v) is 16.4. The van der Waals surface area contributed by atoms with Crippen LogP contribution in [-0.4, -0.2) is 38.8 Å². The van der Waals surface area contributed by atoms with Gasteiger partial charge in [0.05, 0.1) is 4.90 Å². The standard InChI is InChI=1S/C19H18FN3O5S/c1-11-7-8-13(9-15(11)20)22-19(25)12(2)28-17(24)10-21-18-14-5-3-4-6-16(14)29(26,27)23-18/h3-9,12H,10H2,1-2H3,(H,21,23)(H,22,25). The number of aryl methyl sites for hydroxylation is 1. The molecule has 3 rings (SSSR count). The van der Waals surface area contributed by atoms with E-state index in [1.54, 1.807) is 25.1 Å². The van der Waals surface area contributed by atoms with Gasteiger partial charge in [0.2, 0.25) is 0 Å². The van der Waals surface area contributed by atoms with Crippen LogP contribution in [0.5, 0.6) is 0 Å². The van der Waals surface area contributed by atoms with Crippen LogP contribution in [-0.2, 0) is 24.3 Å². The van der Waals surface area contributed by atoms with E-state index in [1.807, 2.05) is 0 Å². The third-order valence-electron chi connectivity index (χ3n) is 4.15. The van der Waals surface area contributed by atoms with Gasteiger partial charge in [0.25, 0.3) is 15.9 Å². The summed E-state index contributed by atoms with van der Waals surface area (Å²) in [5.74, 6) is -1.90. The average molecular weight is 419 g/mol. The minimum atomic E-state index is -3.71. The molecule has 2 N–H and O–H groups in total. The van der Waals surface area contributed by atoms with Gasteiger partial charge in [0, 0.05) is 11.3 Å². The predicted molar refractivity (Wildman–Crippen MR) is 103 cm³/mol. The van der Waals surface area contributed by atoms with Crippen LogP contribution >= 0.6 is 0 Å². The van der Waals surface area contributed by atoms with E-state index in [0.29, 0.717) is 11.1 Å². The number of amides is 1. The van der Waals surface area contributed by atoms with Gasteiger partial charge in [-0.25, -0.2) is 12.8 Å². The van der Waals surface area contributed by atoms with Crippen LogP contribution in [0.4, 0.5) is 10.1 Å². The Balaban J connectivity index is 1.60. The van der Waals surface area contributed by atoms with E-state index < -0.39 is 40.4 Å². The van der Waals surface area contributed by atoms with E-state index in [1.165, 1.54) is 25.1 Å². The lowest BCUT2D eigenvalue weighted by Gasteiger charge is -2.13. The van der Waals surface area contributed by atoms with Crippen molar-refractivity contribution < 1.29 is 27.1 Å². The van der Waals surface area contributed by atoms with Gasteiger partial charge in [-0.05, 0) is 43.7 Å². The van der Waals surface area contributed by atoms with E-state index in [0.717, 1.165) is 6.07 Å². The Kier molecular flexibility index (Phi) is 5.64. The van der Waals surface area contributed by atoms with Crippen molar-refractivity contribution in [2.45, 2.75) is 24.8 Å². The molecule has 10 heteroatoms. The second-order valence-electron chi connectivity index (χ2n) is 6.35. The Bertz CT molecular complexity index is 1110. The van der Waals surface area contributed by atoms with Crippen molar-refractivity contribution in [3.63, 3.8) is 0 Å². The van der Waals surface area contributed by atoms with Crippen molar-refractivity contribution in [3.8, 4) is 0 Å². The molecule has 0 spiro atoms. The molecule has 1 unspecified atom stereocenters. The molecule has 0 saturated heterocycles. The number of ether oxygens (including phenoxy) is 1. The molecule has 1 atom stereocenters. The molecule has 1 aliphatic heterocycles. The van der Waals surface area contributed by atoms with Crippen molar-refractivity contribution in [3.05, 3.63) is 59.4 Å². The first-order valence-corrected chi connectivity index (χ1v) is 10.1. The molecule has 0 aromatic heterocycles. The number of hydrogen-bond donors (Lipinski definition) is 2. The lowest BCUT2D eigenvalue weighted by molar-refractivity contribution is -0.151. The molecule has 8 nitrogen and oxygen atoms in total. The average Bonchev–Trinajstić information content (AvgIpc) is 2.94. The fourth-order valence-electron chi connectivity index (χ4n) is 2.60. The Morgan fingerprint density at radius 3 is 2.69 bits per heavy atom. The molecular weight excluding hydrogens is 401 g/mol. The molecular formula is C19H18FN3O5S. The summed E-state index contributed by atoms with van der Waals surface area (Å²) in [4.78, 5) is 28.1. The summed E-state index contributed by atoms with van der Waals surface area (Å²) in [7, 11) is -3.71. The van der Waals surface area contributed by atoms with Crippen molar-refractivity contribution >= 4 is 33.4 Å². The molecule has 1 heterocycles. The summed E-state index contributed by atoms with van der Waals surface area (Å²) in [6, 6.07) is 10.4. The first-order valence-electron chi connectivity index (χ1n) is 8.60. The van der Waals surface area contributed by atoms with Crippen LogP contribution in [0.2, 0.25) is 0 Å². The fraction of sp³-hybridized carbons (Fsp3) is 0.211. The van der Waals surface area contributed by atoms with Crippen LogP contribution in [0.3, 0.4) is 0 Å². The number of esters is 1. The third-order valence-corrected chi connectivity index (χ3v) is 5.54. The Hall–Kier alpha value is -3.27. The zero-order valence-electron chi connectivity index (χ0n) is 15.6. The second kappa shape index (κ2) is 8.00. The Labute approximate surface area is 166 Å². The monoisotopic (exact) mass is 419 g/mol. The van der Waals surface area contributed by atoms with Crippen molar-refractivity contribution in [2.75, 3.05) is 11.9 Å². The molecule has 1 amide bonds. The molecule has 0 aliphatic carbocycles. The van der Waals surface area contributed by atoms with Gasteiger partial charge >= 0.3 is 5.97 Å². The number of anilines is 1. The number of fused-ring (bicyclic) bond motifs is 1. The number of benzene rings is 2. The van der Waals surface area contributed by atoms with Crippen molar-refractivity contribution in [1.29, 1.82) is 0 Å².